The number of hydrogen-bond acceptors (Lipinski definition) is 3. The number of nitrogens with zero attached hydrogens (tertiary/aromatic N) is 2. The summed E-state index contributed by atoms with van der Waals surface area (Å²) >= 11 is 5.19. The molecular formula is C12H15BrN2OS. The standard InChI is InChI=1S/C12H15BrN2OS/c1-8(2)6-15-11(16)7-17-12(15)9-3-4-14-5-10(9)13/h3-5,8,12H,6-7H2,1-2H3. The van der Waals surface area contributed by atoms with Crippen molar-refractivity contribution in [1.29, 1.82) is 0 Å². The Kier molecular flexibility index (Phi) is 4.09. The summed E-state index contributed by atoms with van der Waals surface area (Å²) < 4.78 is 0.973. The summed E-state index contributed by atoms with van der Waals surface area (Å²) in [5, 5.41) is 0.127. The lowest BCUT2D eigenvalue weighted by Crippen LogP contribution is -2.31. The van der Waals surface area contributed by atoms with Crippen LogP contribution in [0.2, 0.25) is 0 Å². The van der Waals surface area contributed by atoms with Gasteiger partial charge in [0.1, 0.15) is 5.37 Å². The van der Waals surface area contributed by atoms with Gasteiger partial charge < -0.3 is 4.90 Å². The van der Waals surface area contributed by atoms with Crippen LogP contribution in [0, 0.1) is 5.92 Å². The van der Waals surface area contributed by atoms with Gasteiger partial charge >= 0.3 is 0 Å². The zero-order chi connectivity index (χ0) is 12.4. The first-order valence-corrected chi connectivity index (χ1v) is 7.44. The van der Waals surface area contributed by atoms with E-state index in [1.807, 2.05) is 11.0 Å². The first-order valence-electron chi connectivity index (χ1n) is 5.60. The van der Waals surface area contributed by atoms with Crippen molar-refractivity contribution < 1.29 is 4.79 Å². The van der Waals surface area contributed by atoms with E-state index in [1.54, 1.807) is 24.2 Å². The molecule has 0 saturated carbocycles. The Hall–Kier alpha value is -0.550. The van der Waals surface area contributed by atoms with Gasteiger partial charge in [-0.25, -0.2) is 0 Å². The average molecular weight is 315 g/mol. The van der Waals surface area contributed by atoms with Crippen molar-refractivity contribution >= 4 is 33.6 Å². The predicted octanol–water partition coefficient (Wildman–Crippen LogP) is 3.07. The summed E-state index contributed by atoms with van der Waals surface area (Å²) in [6.07, 6.45) is 3.56. The maximum Gasteiger partial charge on any atom is 0.233 e. The fourth-order valence-electron chi connectivity index (χ4n) is 1.89. The largest absolute Gasteiger partial charge is 0.326 e. The Morgan fingerprint density at radius 3 is 3.06 bits per heavy atom. The van der Waals surface area contributed by atoms with Crippen molar-refractivity contribution in [3.63, 3.8) is 0 Å². The lowest BCUT2D eigenvalue weighted by Gasteiger charge is -2.26. The van der Waals surface area contributed by atoms with Crippen LogP contribution in [0.15, 0.2) is 22.9 Å². The van der Waals surface area contributed by atoms with Gasteiger partial charge in [0.25, 0.3) is 0 Å². The number of pyridine rings is 1. The molecule has 1 amide bonds. The molecule has 0 spiro atoms. The summed E-state index contributed by atoms with van der Waals surface area (Å²) in [7, 11) is 0. The zero-order valence-electron chi connectivity index (χ0n) is 9.89. The molecule has 1 aliphatic heterocycles. The molecule has 0 bridgehead atoms. The van der Waals surface area contributed by atoms with Crippen LogP contribution in [0.5, 0.6) is 0 Å². The van der Waals surface area contributed by atoms with Crippen molar-refractivity contribution in [2.75, 3.05) is 12.3 Å². The molecule has 1 saturated heterocycles. The lowest BCUT2D eigenvalue weighted by atomic mass is 10.2. The number of amides is 1. The molecule has 0 aromatic carbocycles. The molecule has 1 aliphatic rings. The molecule has 1 aromatic heterocycles. The van der Waals surface area contributed by atoms with Crippen LogP contribution in [-0.4, -0.2) is 28.1 Å². The molecule has 92 valence electrons. The highest BCUT2D eigenvalue weighted by molar-refractivity contribution is 9.10. The Labute approximate surface area is 114 Å². The average Bonchev–Trinajstić information content (AvgIpc) is 2.61. The first kappa shape index (κ1) is 12.9. The molecule has 3 nitrogen and oxygen atoms in total. The molecule has 0 N–H and O–H groups in total. The highest BCUT2D eigenvalue weighted by Gasteiger charge is 2.33. The van der Waals surface area contributed by atoms with Crippen LogP contribution in [0.25, 0.3) is 0 Å². The van der Waals surface area contributed by atoms with E-state index in [2.05, 4.69) is 34.8 Å². The number of hydrogen-bond donors (Lipinski definition) is 0. The predicted molar refractivity (Wildman–Crippen MR) is 73.7 cm³/mol. The normalized spacial score (nSPS) is 20.4. The smallest absolute Gasteiger partial charge is 0.233 e. The molecule has 5 heteroatoms. The van der Waals surface area contributed by atoms with Crippen LogP contribution in [0.4, 0.5) is 0 Å². The molecule has 2 rings (SSSR count). The fourth-order valence-corrected chi connectivity index (χ4v) is 3.74. The van der Waals surface area contributed by atoms with E-state index in [0.717, 1.165) is 16.6 Å². The Bertz CT molecular complexity index is 425. The third-order valence-electron chi connectivity index (χ3n) is 2.60. The van der Waals surface area contributed by atoms with E-state index >= 15 is 0 Å². The molecule has 0 aliphatic carbocycles. The highest BCUT2D eigenvalue weighted by atomic mass is 79.9. The molecule has 1 unspecified atom stereocenters. The number of carbonyl (C=O) groups excluding carboxylic acids is 1. The minimum atomic E-state index is 0.127. The second-order valence-electron chi connectivity index (χ2n) is 4.50. The van der Waals surface area contributed by atoms with Crippen molar-refractivity contribution in [3.05, 3.63) is 28.5 Å². The fraction of sp³-hybridized carbons (Fsp3) is 0.500. The van der Waals surface area contributed by atoms with Gasteiger partial charge in [-0.15, -0.1) is 11.8 Å². The lowest BCUT2D eigenvalue weighted by molar-refractivity contribution is -0.128. The first-order chi connectivity index (χ1) is 8.09. The minimum absolute atomic E-state index is 0.127. The van der Waals surface area contributed by atoms with Gasteiger partial charge in [0.05, 0.1) is 5.75 Å². The SMILES string of the molecule is CC(C)CN1C(=O)CSC1c1ccncc1Br. The number of thioether (sulfide) groups is 1. The van der Waals surface area contributed by atoms with Gasteiger partial charge in [0, 0.05) is 29.0 Å². The Morgan fingerprint density at radius 2 is 2.41 bits per heavy atom. The van der Waals surface area contributed by atoms with Crippen LogP contribution in [0.3, 0.4) is 0 Å². The van der Waals surface area contributed by atoms with Gasteiger partial charge in [-0.1, -0.05) is 13.8 Å². The summed E-state index contributed by atoms with van der Waals surface area (Å²) in [6.45, 7) is 5.08. The number of halogens is 1. The topological polar surface area (TPSA) is 33.2 Å². The van der Waals surface area contributed by atoms with Gasteiger partial charge in [-0.2, -0.15) is 0 Å². The monoisotopic (exact) mass is 314 g/mol. The van der Waals surface area contributed by atoms with Gasteiger partial charge in [-0.05, 0) is 27.9 Å². The molecular weight excluding hydrogens is 300 g/mol. The van der Waals surface area contributed by atoms with Crippen LogP contribution in [-0.2, 0) is 4.79 Å². The van der Waals surface area contributed by atoms with Crippen molar-refractivity contribution in [1.82, 2.24) is 9.88 Å². The summed E-state index contributed by atoms with van der Waals surface area (Å²) in [5.74, 6) is 1.30. The highest BCUT2D eigenvalue weighted by Crippen LogP contribution is 2.41. The van der Waals surface area contributed by atoms with E-state index in [9.17, 15) is 4.79 Å². The van der Waals surface area contributed by atoms with E-state index in [0.29, 0.717) is 11.7 Å². The molecule has 1 aromatic rings. The van der Waals surface area contributed by atoms with Gasteiger partial charge in [-0.3, -0.25) is 9.78 Å². The maximum absolute atomic E-state index is 11.9. The van der Waals surface area contributed by atoms with E-state index in [1.165, 1.54) is 0 Å². The number of carbonyl (C=O) groups is 1. The molecule has 0 radical (unpaired) electrons. The van der Waals surface area contributed by atoms with Crippen LogP contribution < -0.4 is 0 Å². The third-order valence-corrected chi connectivity index (χ3v) is 4.50. The molecule has 1 atom stereocenters. The second-order valence-corrected chi connectivity index (χ2v) is 6.42. The molecule has 17 heavy (non-hydrogen) atoms. The van der Waals surface area contributed by atoms with Crippen molar-refractivity contribution in [2.24, 2.45) is 5.92 Å². The molecule has 1 fully saturated rings. The summed E-state index contributed by atoms with van der Waals surface area (Å²) in [5.41, 5.74) is 1.14. The van der Waals surface area contributed by atoms with Gasteiger partial charge in [0.15, 0.2) is 0 Å². The summed E-state index contributed by atoms with van der Waals surface area (Å²) in [6, 6.07) is 1.98. The van der Waals surface area contributed by atoms with Crippen molar-refractivity contribution in [3.8, 4) is 0 Å². The number of aromatic nitrogens is 1. The quantitative estimate of drug-likeness (QED) is 0.859. The molecule has 2 heterocycles. The Balaban J connectivity index is 2.25. The van der Waals surface area contributed by atoms with Gasteiger partial charge in [0.2, 0.25) is 5.91 Å². The number of rotatable bonds is 3. The minimum Gasteiger partial charge on any atom is -0.326 e. The van der Waals surface area contributed by atoms with E-state index in [4.69, 9.17) is 0 Å². The van der Waals surface area contributed by atoms with Crippen molar-refractivity contribution in [2.45, 2.75) is 19.2 Å². The summed E-state index contributed by atoms with van der Waals surface area (Å²) in [4.78, 5) is 17.9. The zero-order valence-corrected chi connectivity index (χ0v) is 12.3. The maximum atomic E-state index is 11.9. The van der Waals surface area contributed by atoms with E-state index in [-0.39, 0.29) is 11.3 Å². The second kappa shape index (κ2) is 5.40. The van der Waals surface area contributed by atoms with Crippen LogP contribution >= 0.6 is 27.7 Å². The third kappa shape index (κ3) is 2.83. The Morgan fingerprint density at radius 1 is 1.65 bits per heavy atom. The van der Waals surface area contributed by atoms with E-state index < -0.39 is 0 Å². The van der Waals surface area contributed by atoms with Crippen LogP contribution in [0.1, 0.15) is 24.8 Å².